The van der Waals surface area contributed by atoms with Crippen LogP contribution in [0.5, 0.6) is 0 Å². The second kappa shape index (κ2) is 7.34. The molecule has 138 valence electrons. The molecule has 1 N–H and O–H groups in total. The lowest BCUT2D eigenvalue weighted by Gasteiger charge is -2.25. The predicted octanol–water partition coefficient (Wildman–Crippen LogP) is 3.48. The van der Waals surface area contributed by atoms with Crippen molar-refractivity contribution in [2.24, 2.45) is 0 Å². The van der Waals surface area contributed by atoms with Gasteiger partial charge in [-0.2, -0.15) is 5.10 Å². The number of rotatable bonds is 3. The molecule has 27 heavy (non-hydrogen) atoms. The predicted molar refractivity (Wildman–Crippen MR) is 106 cm³/mol. The Morgan fingerprint density at radius 1 is 1.19 bits per heavy atom. The molecule has 3 heterocycles. The zero-order valence-corrected chi connectivity index (χ0v) is 16.3. The Hall–Kier alpha value is -2.35. The molecule has 2 amide bonds. The van der Waals surface area contributed by atoms with Crippen LogP contribution >= 0.6 is 34.5 Å². The standard InChI is InChI=1S/C18H14Cl2N4O2S/c19-11-6-12(20)8-13(7-11)24-15(16-2-1-5-27-16)9-14(22-24)18(26)23-4-3-21-17(25)10-23/h1-2,5-9H,3-4,10H2,(H,21,25). The monoisotopic (exact) mass is 420 g/mol. The molecule has 1 aromatic carbocycles. The van der Waals surface area contributed by atoms with Crippen molar-refractivity contribution < 1.29 is 9.59 Å². The quantitative estimate of drug-likeness (QED) is 0.704. The van der Waals surface area contributed by atoms with Crippen LogP contribution in [0, 0.1) is 0 Å². The highest BCUT2D eigenvalue weighted by molar-refractivity contribution is 7.13. The van der Waals surface area contributed by atoms with Crippen molar-refractivity contribution in [3.63, 3.8) is 0 Å². The summed E-state index contributed by atoms with van der Waals surface area (Å²) in [5, 5.41) is 10.1. The van der Waals surface area contributed by atoms with Crippen LogP contribution in [-0.4, -0.2) is 46.1 Å². The van der Waals surface area contributed by atoms with Gasteiger partial charge in [-0.05, 0) is 35.7 Å². The maximum atomic E-state index is 12.9. The lowest BCUT2D eigenvalue weighted by molar-refractivity contribution is -0.123. The van der Waals surface area contributed by atoms with Gasteiger partial charge >= 0.3 is 0 Å². The number of halogens is 2. The van der Waals surface area contributed by atoms with E-state index in [0.717, 1.165) is 10.6 Å². The molecule has 3 aromatic rings. The molecule has 4 rings (SSSR count). The summed E-state index contributed by atoms with van der Waals surface area (Å²) >= 11 is 13.8. The number of aromatic nitrogens is 2. The Kier molecular flexibility index (Phi) is 4.90. The van der Waals surface area contributed by atoms with Gasteiger partial charge in [0.1, 0.15) is 0 Å². The van der Waals surface area contributed by atoms with Gasteiger partial charge in [-0.25, -0.2) is 4.68 Å². The minimum Gasteiger partial charge on any atom is -0.353 e. The normalized spacial score (nSPS) is 14.3. The van der Waals surface area contributed by atoms with Crippen molar-refractivity contribution in [2.75, 3.05) is 19.6 Å². The number of hydrogen-bond donors (Lipinski definition) is 1. The molecule has 1 aliphatic rings. The van der Waals surface area contributed by atoms with Crippen molar-refractivity contribution in [2.45, 2.75) is 0 Å². The second-order valence-electron chi connectivity index (χ2n) is 6.01. The van der Waals surface area contributed by atoms with Gasteiger partial charge in [-0.3, -0.25) is 9.59 Å². The lowest BCUT2D eigenvalue weighted by Crippen LogP contribution is -2.50. The number of amides is 2. The summed E-state index contributed by atoms with van der Waals surface area (Å²) in [5.74, 6) is -0.455. The van der Waals surface area contributed by atoms with Crippen LogP contribution in [0.3, 0.4) is 0 Å². The Labute approximate surface area is 169 Å². The van der Waals surface area contributed by atoms with E-state index in [1.54, 1.807) is 28.9 Å². The zero-order chi connectivity index (χ0) is 19.0. The summed E-state index contributed by atoms with van der Waals surface area (Å²) < 4.78 is 1.65. The molecule has 0 saturated carbocycles. The average Bonchev–Trinajstić information content (AvgIpc) is 3.29. The first kappa shape index (κ1) is 18.0. The minimum absolute atomic E-state index is 0.0308. The van der Waals surface area contributed by atoms with E-state index in [9.17, 15) is 9.59 Å². The number of nitrogens with zero attached hydrogens (tertiary/aromatic N) is 3. The van der Waals surface area contributed by atoms with E-state index in [1.807, 2.05) is 17.5 Å². The molecule has 6 nitrogen and oxygen atoms in total. The molecular formula is C18H14Cl2N4O2S. The molecule has 0 unspecified atom stereocenters. The molecule has 2 aromatic heterocycles. The smallest absolute Gasteiger partial charge is 0.274 e. The van der Waals surface area contributed by atoms with Crippen molar-refractivity contribution in [3.05, 3.63) is 57.5 Å². The maximum absolute atomic E-state index is 12.9. The zero-order valence-electron chi connectivity index (χ0n) is 14.0. The van der Waals surface area contributed by atoms with Crippen molar-refractivity contribution in [1.82, 2.24) is 20.0 Å². The van der Waals surface area contributed by atoms with Crippen molar-refractivity contribution in [3.8, 4) is 16.3 Å². The number of carbonyl (C=O) groups is 2. The first-order valence-corrected chi connectivity index (χ1v) is 9.81. The van der Waals surface area contributed by atoms with E-state index in [1.165, 1.54) is 16.2 Å². The van der Waals surface area contributed by atoms with Crippen LogP contribution in [0.2, 0.25) is 10.0 Å². The van der Waals surface area contributed by atoms with Gasteiger partial charge in [-0.15, -0.1) is 11.3 Å². The first-order valence-electron chi connectivity index (χ1n) is 8.17. The molecule has 1 fully saturated rings. The van der Waals surface area contributed by atoms with Gasteiger partial charge in [0.15, 0.2) is 5.69 Å². The average molecular weight is 421 g/mol. The number of nitrogens with one attached hydrogen (secondary N) is 1. The maximum Gasteiger partial charge on any atom is 0.274 e. The third-order valence-electron chi connectivity index (χ3n) is 4.12. The Bertz CT molecular complexity index is 996. The van der Waals surface area contributed by atoms with Gasteiger partial charge in [0.25, 0.3) is 5.91 Å². The number of thiophene rings is 1. The van der Waals surface area contributed by atoms with E-state index in [4.69, 9.17) is 23.2 Å². The number of piperazine rings is 1. The molecule has 0 atom stereocenters. The molecule has 1 aliphatic heterocycles. The fraction of sp³-hybridized carbons (Fsp3) is 0.167. The molecular weight excluding hydrogens is 407 g/mol. The van der Waals surface area contributed by atoms with E-state index in [2.05, 4.69) is 10.4 Å². The fourth-order valence-corrected chi connectivity index (χ4v) is 4.16. The highest BCUT2D eigenvalue weighted by Gasteiger charge is 2.26. The van der Waals surface area contributed by atoms with E-state index < -0.39 is 0 Å². The van der Waals surface area contributed by atoms with Gasteiger partial charge in [0, 0.05) is 23.1 Å². The summed E-state index contributed by atoms with van der Waals surface area (Å²) in [5.41, 5.74) is 1.68. The SMILES string of the molecule is O=C1CN(C(=O)c2cc(-c3cccs3)n(-c3cc(Cl)cc(Cl)c3)n2)CCN1. The van der Waals surface area contributed by atoms with Gasteiger partial charge in [-0.1, -0.05) is 29.3 Å². The second-order valence-corrected chi connectivity index (χ2v) is 7.83. The minimum atomic E-state index is -0.283. The summed E-state index contributed by atoms with van der Waals surface area (Å²) in [6.45, 7) is 0.921. The largest absolute Gasteiger partial charge is 0.353 e. The van der Waals surface area contributed by atoms with Crippen LogP contribution in [0.4, 0.5) is 0 Å². The van der Waals surface area contributed by atoms with Crippen LogP contribution < -0.4 is 5.32 Å². The topological polar surface area (TPSA) is 67.2 Å². The van der Waals surface area contributed by atoms with Crippen LogP contribution in [-0.2, 0) is 4.79 Å². The van der Waals surface area contributed by atoms with Gasteiger partial charge < -0.3 is 10.2 Å². The number of carbonyl (C=O) groups excluding carboxylic acids is 2. The lowest BCUT2D eigenvalue weighted by atomic mass is 10.2. The third kappa shape index (κ3) is 3.71. The van der Waals surface area contributed by atoms with Crippen LogP contribution in [0.15, 0.2) is 41.8 Å². The van der Waals surface area contributed by atoms with Crippen molar-refractivity contribution >= 4 is 46.4 Å². The van der Waals surface area contributed by atoms with Crippen molar-refractivity contribution in [1.29, 1.82) is 0 Å². The number of benzene rings is 1. The highest BCUT2D eigenvalue weighted by Crippen LogP contribution is 2.30. The van der Waals surface area contributed by atoms with Gasteiger partial charge in [0.2, 0.25) is 5.91 Å². The first-order chi connectivity index (χ1) is 13.0. The Morgan fingerprint density at radius 2 is 1.96 bits per heavy atom. The Morgan fingerprint density at radius 3 is 2.63 bits per heavy atom. The van der Waals surface area contributed by atoms with E-state index in [-0.39, 0.29) is 24.1 Å². The third-order valence-corrected chi connectivity index (χ3v) is 5.45. The summed E-state index contributed by atoms with van der Waals surface area (Å²) in [4.78, 5) is 26.9. The van der Waals surface area contributed by atoms with E-state index >= 15 is 0 Å². The Balaban J connectivity index is 1.78. The van der Waals surface area contributed by atoms with Crippen LogP contribution in [0.25, 0.3) is 16.3 Å². The summed E-state index contributed by atoms with van der Waals surface area (Å²) in [7, 11) is 0. The highest BCUT2D eigenvalue weighted by atomic mass is 35.5. The molecule has 0 radical (unpaired) electrons. The summed E-state index contributed by atoms with van der Waals surface area (Å²) in [6.07, 6.45) is 0. The van der Waals surface area contributed by atoms with Crippen LogP contribution in [0.1, 0.15) is 10.5 Å². The summed E-state index contributed by atoms with van der Waals surface area (Å²) in [6, 6.07) is 10.7. The molecule has 9 heteroatoms. The molecule has 0 aliphatic carbocycles. The molecule has 0 bridgehead atoms. The molecule has 1 saturated heterocycles. The van der Waals surface area contributed by atoms with Gasteiger partial charge in [0.05, 0.1) is 22.8 Å². The fourth-order valence-electron chi connectivity index (χ4n) is 2.92. The number of hydrogen-bond acceptors (Lipinski definition) is 4. The molecule has 0 spiro atoms. The van der Waals surface area contributed by atoms with E-state index in [0.29, 0.717) is 28.8 Å².